The highest BCUT2D eigenvalue weighted by Gasteiger charge is 2.33. The van der Waals surface area contributed by atoms with Crippen LogP contribution in [0.25, 0.3) is 0 Å². The number of halogens is 3. The van der Waals surface area contributed by atoms with Gasteiger partial charge in [-0.05, 0) is 36.8 Å². The molecule has 9 heteroatoms. The number of ether oxygens (including phenoxy) is 1. The van der Waals surface area contributed by atoms with E-state index in [1.165, 1.54) is 0 Å². The molecule has 1 unspecified atom stereocenters. The van der Waals surface area contributed by atoms with Crippen molar-refractivity contribution < 1.29 is 22.7 Å². The van der Waals surface area contributed by atoms with Crippen LogP contribution >= 0.6 is 0 Å². The maximum absolute atomic E-state index is 12.7. The van der Waals surface area contributed by atoms with E-state index in [9.17, 15) is 22.8 Å². The molecule has 148 valence electrons. The number of rotatable bonds is 2. The molecule has 0 aliphatic carbocycles. The molecule has 3 aromatic rings. The Bertz CT molecular complexity index is 1170. The van der Waals surface area contributed by atoms with Crippen LogP contribution in [0.1, 0.15) is 38.9 Å². The molecule has 0 radical (unpaired) electrons. The van der Waals surface area contributed by atoms with Crippen LogP contribution in [0, 0.1) is 6.92 Å². The first-order valence-electron chi connectivity index (χ1n) is 8.59. The van der Waals surface area contributed by atoms with Crippen molar-refractivity contribution in [3.8, 4) is 11.5 Å². The number of carbonyl (C=O) groups is 1. The number of aryl methyl sites for hydroxylation is 1. The fourth-order valence-electron chi connectivity index (χ4n) is 3.10. The minimum Gasteiger partial charge on any atom is -0.455 e. The number of nitrogens with one attached hydrogen (secondary N) is 2. The van der Waals surface area contributed by atoms with Crippen molar-refractivity contribution in [2.24, 2.45) is 0 Å². The maximum Gasteiger partial charge on any atom is 0.431 e. The summed E-state index contributed by atoms with van der Waals surface area (Å²) in [6, 6.07) is 9.53. The summed E-state index contributed by atoms with van der Waals surface area (Å²) >= 11 is 0. The molecule has 2 N–H and O–H groups in total. The van der Waals surface area contributed by atoms with Crippen molar-refractivity contribution in [3.05, 3.63) is 87.1 Å². The van der Waals surface area contributed by atoms with Gasteiger partial charge in [0.05, 0.1) is 0 Å². The van der Waals surface area contributed by atoms with Gasteiger partial charge in [0.2, 0.25) is 0 Å². The third kappa shape index (κ3) is 3.46. The molecule has 0 fully saturated rings. The first-order chi connectivity index (χ1) is 13.7. The Morgan fingerprint density at radius 3 is 2.66 bits per heavy atom. The van der Waals surface area contributed by atoms with Gasteiger partial charge >= 0.3 is 6.18 Å². The van der Waals surface area contributed by atoms with Crippen molar-refractivity contribution in [1.29, 1.82) is 0 Å². The normalized spacial score (nSPS) is 15.1. The number of carbonyl (C=O) groups excluding carboxylic acids is 1. The van der Waals surface area contributed by atoms with Crippen LogP contribution in [0.4, 0.5) is 13.2 Å². The van der Waals surface area contributed by atoms with E-state index in [-0.39, 0.29) is 0 Å². The number of fused-ring (bicyclic) bond motifs is 2. The van der Waals surface area contributed by atoms with Gasteiger partial charge in [0, 0.05) is 11.8 Å². The second kappa shape index (κ2) is 6.77. The summed E-state index contributed by atoms with van der Waals surface area (Å²) in [5, 5.41) is 2.68. The number of pyridine rings is 2. The van der Waals surface area contributed by atoms with Crippen LogP contribution in [0.5, 0.6) is 11.5 Å². The van der Waals surface area contributed by atoms with E-state index in [1.807, 2.05) is 6.92 Å². The molecule has 0 saturated carbocycles. The number of hydrogen-bond acceptors (Lipinski definition) is 4. The number of H-pyrrole nitrogens is 1. The molecule has 29 heavy (non-hydrogen) atoms. The van der Waals surface area contributed by atoms with Gasteiger partial charge in [-0.15, -0.1) is 0 Å². The van der Waals surface area contributed by atoms with Gasteiger partial charge in [-0.2, -0.15) is 13.2 Å². The molecule has 1 aliphatic rings. The summed E-state index contributed by atoms with van der Waals surface area (Å²) in [4.78, 5) is 30.8. The Morgan fingerprint density at radius 2 is 1.93 bits per heavy atom. The van der Waals surface area contributed by atoms with Gasteiger partial charge in [0.15, 0.2) is 5.75 Å². The highest BCUT2D eigenvalue weighted by atomic mass is 19.4. The third-order valence-electron chi connectivity index (χ3n) is 4.48. The SMILES string of the molecule is Cc1cnc2c(c1)Oc1ccccc1C2NC(=O)c1ccc(C(F)(F)F)[nH]c1=O. The first kappa shape index (κ1) is 18.7. The summed E-state index contributed by atoms with van der Waals surface area (Å²) in [5.74, 6) is 0.143. The molecule has 1 amide bonds. The Hall–Kier alpha value is -3.62. The number of amides is 1. The van der Waals surface area contributed by atoms with Crippen LogP contribution in [-0.2, 0) is 6.18 Å². The fraction of sp³-hybridized carbons (Fsp3) is 0.150. The van der Waals surface area contributed by atoms with Gasteiger partial charge < -0.3 is 15.0 Å². The molecule has 0 spiro atoms. The quantitative estimate of drug-likeness (QED) is 0.686. The van der Waals surface area contributed by atoms with Crippen molar-refractivity contribution >= 4 is 5.91 Å². The van der Waals surface area contributed by atoms with Gasteiger partial charge in [-0.3, -0.25) is 14.6 Å². The summed E-state index contributed by atoms with van der Waals surface area (Å²) in [6.45, 7) is 1.84. The molecule has 0 bridgehead atoms. The number of para-hydroxylation sites is 1. The fourth-order valence-corrected chi connectivity index (χ4v) is 3.10. The molecule has 0 saturated heterocycles. The van der Waals surface area contributed by atoms with Gasteiger partial charge in [0.25, 0.3) is 11.5 Å². The van der Waals surface area contributed by atoms with Crippen molar-refractivity contribution in [2.75, 3.05) is 0 Å². The molecule has 1 aliphatic heterocycles. The molecular weight excluding hydrogens is 387 g/mol. The summed E-state index contributed by atoms with van der Waals surface area (Å²) in [5.41, 5.74) is -0.880. The molecule has 6 nitrogen and oxygen atoms in total. The van der Waals surface area contributed by atoms with E-state index in [0.717, 1.165) is 11.6 Å². The summed E-state index contributed by atoms with van der Waals surface area (Å²) in [7, 11) is 0. The lowest BCUT2D eigenvalue weighted by atomic mass is 9.98. The molecule has 2 aromatic heterocycles. The van der Waals surface area contributed by atoms with Crippen LogP contribution in [0.2, 0.25) is 0 Å². The van der Waals surface area contributed by atoms with Crippen LogP contribution < -0.4 is 15.6 Å². The van der Waals surface area contributed by atoms with E-state index >= 15 is 0 Å². The highest BCUT2D eigenvalue weighted by Crippen LogP contribution is 2.41. The number of hydrogen-bond donors (Lipinski definition) is 2. The second-order valence-corrected chi connectivity index (χ2v) is 6.55. The van der Waals surface area contributed by atoms with E-state index in [2.05, 4.69) is 10.3 Å². The largest absolute Gasteiger partial charge is 0.455 e. The Balaban J connectivity index is 1.71. The van der Waals surface area contributed by atoms with E-state index in [0.29, 0.717) is 28.8 Å². The average Bonchev–Trinajstić information content (AvgIpc) is 2.66. The highest BCUT2D eigenvalue weighted by molar-refractivity contribution is 5.94. The third-order valence-corrected chi connectivity index (χ3v) is 4.48. The summed E-state index contributed by atoms with van der Waals surface area (Å²) < 4.78 is 44.1. The van der Waals surface area contributed by atoms with Crippen molar-refractivity contribution in [2.45, 2.75) is 19.1 Å². The number of aromatic nitrogens is 2. The van der Waals surface area contributed by atoms with Gasteiger partial charge in [0.1, 0.15) is 28.7 Å². The zero-order valence-electron chi connectivity index (χ0n) is 15.0. The van der Waals surface area contributed by atoms with E-state index < -0.39 is 34.9 Å². The molecule has 1 aromatic carbocycles. The second-order valence-electron chi connectivity index (χ2n) is 6.55. The first-order valence-corrected chi connectivity index (χ1v) is 8.59. The monoisotopic (exact) mass is 401 g/mol. The number of nitrogens with zero attached hydrogens (tertiary/aromatic N) is 1. The molecule has 1 atom stereocenters. The standard InChI is InChI=1S/C20H14F3N3O3/c1-10-8-14-17(24-9-10)16(11-4-2-3-5-13(11)29-14)26-19(28)12-6-7-15(20(21,22)23)25-18(12)27/h2-9,16H,1H3,(H,25,27)(H,26,28). The molecular formula is C20H14F3N3O3. The topological polar surface area (TPSA) is 84.1 Å². The average molecular weight is 401 g/mol. The van der Waals surface area contributed by atoms with Crippen LogP contribution in [0.3, 0.4) is 0 Å². The lowest BCUT2D eigenvalue weighted by molar-refractivity contribution is -0.141. The minimum absolute atomic E-state index is 0.435. The lowest BCUT2D eigenvalue weighted by Crippen LogP contribution is -2.35. The number of aromatic amines is 1. The Kier molecular flexibility index (Phi) is 4.37. The van der Waals surface area contributed by atoms with Crippen molar-refractivity contribution in [3.63, 3.8) is 0 Å². The lowest BCUT2D eigenvalue weighted by Gasteiger charge is -2.28. The van der Waals surface area contributed by atoms with Gasteiger partial charge in [-0.25, -0.2) is 0 Å². The van der Waals surface area contributed by atoms with E-state index in [4.69, 9.17) is 4.74 Å². The molecule has 3 heterocycles. The Labute approximate surface area is 162 Å². The number of benzene rings is 1. The maximum atomic E-state index is 12.7. The van der Waals surface area contributed by atoms with Crippen LogP contribution in [-0.4, -0.2) is 15.9 Å². The predicted molar refractivity (Wildman–Crippen MR) is 96.9 cm³/mol. The zero-order valence-corrected chi connectivity index (χ0v) is 15.0. The molecule has 4 rings (SSSR count). The Morgan fingerprint density at radius 1 is 1.17 bits per heavy atom. The number of alkyl halides is 3. The van der Waals surface area contributed by atoms with Crippen molar-refractivity contribution in [1.82, 2.24) is 15.3 Å². The van der Waals surface area contributed by atoms with Crippen LogP contribution in [0.15, 0.2) is 53.5 Å². The van der Waals surface area contributed by atoms with E-state index in [1.54, 1.807) is 41.5 Å². The smallest absolute Gasteiger partial charge is 0.431 e. The minimum atomic E-state index is -4.71. The summed E-state index contributed by atoms with van der Waals surface area (Å²) in [6.07, 6.45) is -3.10. The predicted octanol–water partition coefficient (Wildman–Crippen LogP) is 3.72. The van der Waals surface area contributed by atoms with Gasteiger partial charge in [-0.1, -0.05) is 18.2 Å². The zero-order chi connectivity index (χ0) is 20.8.